The van der Waals surface area contributed by atoms with Crippen molar-refractivity contribution < 1.29 is 49.3 Å². The van der Waals surface area contributed by atoms with Crippen molar-refractivity contribution in [2.45, 2.75) is 282 Å². The lowest BCUT2D eigenvalue weighted by Gasteiger charge is -2.41. The summed E-state index contributed by atoms with van der Waals surface area (Å²) in [5, 5.41) is 56.9. The van der Waals surface area contributed by atoms with Gasteiger partial charge in [0.2, 0.25) is 5.91 Å². The van der Waals surface area contributed by atoms with Crippen LogP contribution < -0.4 is 5.32 Å². The van der Waals surface area contributed by atoms with Crippen LogP contribution in [0.2, 0.25) is 0 Å². The number of amides is 1. The highest BCUT2D eigenvalue weighted by Gasteiger charge is 2.47. The predicted molar refractivity (Wildman–Crippen MR) is 310 cm³/mol. The van der Waals surface area contributed by atoms with Crippen molar-refractivity contribution >= 4 is 11.9 Å². The highest BCUT2D eigenvalue weighted by atomic mass is 16.7. The van der Waals surface area contributed by atoms with Crippen LogP contribution in [0.4, 0.5) is 0 Å². The van der Waals surface area contributed by atoms with Gasteiger partial charge in [-0.1, -0.05) is 253 Å². The highest BCUT2D eigenvalue weighted by molar-refractivity contribution is 5.80. The molecule has 1 aliphatic heterocycles. The number of nitrogens with one attached hydrogen (secondary N) is 1. The van der Waals surface area contributed by atoms with Crippen LogP contribution in [-0.2, 0) is 23.8 Å². The lowest BCUT2D eigenvalue weighted by atomic mass is 9.99. The molecule has 0 saturated carbocycles. The Hall–Kier alpha value is -3.42. The van der Waals surface area contributed by atoms with E-state index in [0.29, 0.717) is 12.8 Å². The Morgan fingerprint density at radius 1 is 0.533 bits per heavy atom. The molecular weight excluding hydrogens is 943 g/mol. The fraction of sp³-hybridized carbons (Fsp3) is 0.719. The summed E-state index contributed by atoms with van der Waals surface area (Å²) in [6.07, 6.45) is 57.2. The zero-order valence-electron chi connectivity index (χ0n) is 47.4. The lowest BCUT2D eigenvalue weighted by molar-refractivity contribution is -0.305. The van der Waals surface area contributed by atoms with Crippen LogP contribution >= 0.6 is 0 Å². The molecule has 1 fully saturated rings. The Bertz CT molecular complexity index is 1580. The number of aliphatic hydroxyl groups is 5. The van der Waals surface area contributed by atoms with Crippen LogP contribution in [0.5, 0.6) is 0 Å². The Kier molecular flexibility index (Phi) is 47.6. The van der Waals surface area contributed by atoms with E-state index in [9.17, 15) is 35.1 Å². The average molecular weight is 1050 g/mol. The number of hydrogen-bond donors (Lipinski definition) is 6. The van der Waals surface area contributed by atoms with E-state index in [4.69, 9.17) is 14.2 Å². The minimum Gasteiger partial charge on any atom is -0.454 e. The molecule has 8 unspecified atom stereocenters. The third-order valence-electron chi connectivity index (χ3n) is 13.6. The predicted octanol–water partition coefficient (Wildman–Crippen LogP) is 13.9. The van der Waals surface area contributed by atoms with Gasteiger partial charge in [-0.05, 0) is 70.6 Å². The van der Waals surface area contributed by atoms with Crippen molar-refractivity contribution in [1.29, 1.82) is 0 Å². The maximum absolute atomic E-state index is 13.4. The summed E-state index contributed by atoms with van der Waals surface area (Å²) in [6.45, 7) is 5.60. The van der Waals surface area contributed by atoms with Crippen molar-refractivity contribution in [3.63, 3.8) is 0 Å². The van der Waals surface area contributed by atoms with E-state index in [1.807, 2.05) is 66.8 Å². The summed E-state index contributed by atoms with van der Waals surface area (Å²) in [5.74, 6) is -1.25. The molecule has 1 rings (SSSR count). The molecule has 0 spiro atoms. The maximum atomic E-state index is 13.4. The number of ether oxygens (including phenoxy) is 3. The van der Waals surface area contributed by atoms with Crippen LogP contribution in [-0.4, -0.2) is 99.6 Å². The normalized spacial score (nSPS) is 19.9. The number of aliphatic hydroxyl groups excluding tert-OH is 5. The van der Waals surface area contributed by atoms with Gasteiger partial charge in [-0.2, -0.15) is 0 Å². The van der Waals surface area contributed by atoms with E-state index in [0.717, 1.165) is 77.0 Å². The van der Waals surface area contributed by atoms with Gasteiger partial charge >= 0.3 is 5.97 Å². The SMILES string of the molecule is CC\C=C/C=C/C=C/C=C\C=C\C=C\CCCCCC(=O)OC1C(OCC(NC(=O)C(O)CCCCCCCC/C=C/CCCCCCCC)C(O)/C=C/CCCCCCCCCCCCC)OC(CO)C(O)C1O. The Labute approximate surface area is 456 Å². The zero-order valence-corrected chi connectivity index (χ0v) is 47.4. The first-order chi connectivity index (χ1) is 36.7. The van der Waals surface area contributed by atoms with Gasteiger partial charge in [0.05, 0.1) is 25.4 Å². The van der Waals surface area contributed by atoms with Crippen LogP contribution in [0, 0.1) is 0 Å². The lowest BCUT2D eigenvalue weighted by Crippen LogP contribution is -2.61. The molecule has 0 aromatic carbocycles. The van der Waals surface area contributed by atoms with Crippen molar-refractivity contribution in [2.24, 2.45) is 0 Å². The summed E-state index contributed by atoms with van der Waals surface area (Å²) in [4.78, 5) is 26.5. The second-order valence-corrected chi connectivity index (χ2v) is 20.5. The monoisotopic (exact) mass is 1050 g/mol. The molecule has 1 heterocycles. The molecule has 6 N–H and O–H groups in total. The molecule has 430 valence electrons. The number of esters is 1. The molecule has 0 aromatic rings. The number of carbonyl (C=O) groups excluding carboxylic acids is 2. The minimum atomic E-state index is -1.64. The third-order valence-corrected chi connectivity index (χ3v) is 13.6. The Morgan fingerprint density at radius 2 is 0.973 bits per heavy atom. The zero-order chi connectivity index (χ0) is 54.7. The van der Waals surface area contributed by atoms with Crippen LogP contribution in [0.1, 0.15) is 233 Å². The molecular formula is C64H109NO10. The molecule has 1 amide bonds. The maximum Gasteiger partial charge on any atom is 0.306 e. The molecule has 75 heavy (non-hydrogen) atoms. The van der Waals surface area contributed by atoms with Crippen LogP contribution in [0.25, 0.3) is 0 Å². The number of allylic oxidation sites excluding steroid dienone is 15. The summed E-state index contributed by atoms with van der Waals surface area (Å²) in [5.41, 5.74) is 0. The topological polar surface area (TPSA) is 175 Å². The molecule has 0 aliphatic carbocycles. The summed E-state index contributed by atoms with van der Waals surface area (Å²) in [7, 11) is 0. The second kappa shape index (κ2) is 51.3. The molecule has 0 radical (unpaired) electrons. The second-order valence-electron chi connectivity index (χ2n) is 20.5. The first kappa shape index (κ1) is 69.6. The molecule has 8 atom stereocenters. The van der Waals surface area contributed by atoms with Gasteiger partial charge < -0.3 is 45.1 Å². The van der Waals surface area contributed by atoms with Crippen LogP contribution in [0.3, 0.4) is 0 Å². The quantitative estimate of drug-likeness (QED) is 0.0149. The van der Waals surface area contributed by atoms with Gasteiger partial charge in [0.15, 0.2) is 12.4 Å². The van der Waals surface area contributed by atoms with E-state index in [2.05, 4.69) is 50.4 Å². The largest absolute Gasteiger partial charge is 0.454 e. The fourth-order valence-corrected chi connectivity index (χ4v) is 8.85. The third kappa shape index (κ3) is 39.6. The average Bonchev–Trinajstić information content (AvgIpc) is 3.41. The summed E-state index contributed by atoms with van der Waals surface area (Å²) >= 11 is 0. The molecule has 0 aromatic heterocycles. The first-order valence-corrected chi connectivity index (χ1v) is 30.1. The van der Waals surface area contributed by atoms with E-state index in [-0.39, 0.29) is 19.4 Å². The van der Waals surface area contributed by atoms with Crippen molar-refractivity contribution in [3.8, 4) is 0 Å². The minimum absolute atomic E-state index is 0.0671. The fourth-order valence-electron chi connectivity index (χ4n) is 8.85. The van der Waals surface area contributed by atoms with Gasteiger partial charge in [-0.3, -0.25) is 9.59 Å². The summed E-state index contributed by atoms with van der Waals surface area (Å²) < 4.78 is 17.6. The van der Waals surface area contributed by atoms with Crippen molar-refractivity contribution in [1.82, 2.24) is 5.32 Å². The number of rotatable bonds is 49. The van der Waals surface area contributed by atoms with Gasteiger partial charge in [0, 0.05) is 6.42 Å². The van der Waals surface area contributed by atoms with E-state index in [1.165, 1.54) is 109 Å². The molecule has 0 bridgehead atoms. The van der Waals surface area contributed by atoms with E-state index < -0.39 is 67.4 Å². The van der Waals surface area contributed by atoms with E-state index in [1.54, 1.807) is 6.08 Å². The van der Waals surface area contributed by atoms with Crippen LogP contribution in [0.15, 0.2) is 97.2 Å². The van der Waals surface area contributed by atoms with Gasteiger partial charge in [-0.15, -0.1) is 0 Å². The standard InChI is InChI=1S/C64H109NO10/c1-4-7-10-13-16-19-22-25-27-29-31-34-37-40-43-46-49-52-59(69)75-62-61(71)60(70)58(53-66)74-64(62)73-54-55(56(67)50-47-44-41-38-35-32-24-21-18-15-12-9-6-3)65-63(72)57(68)51-48-45-42-39-36-33-30-28-26-23-20-17-14-11-8-5-2/h7,10,13,16,19,22,25-29,31,34,37,47,50,55-58,60-62,64,66-68,70-71H,4-6,8-9,11-12,14-15,17-18,20-21,23-24,30,32-33,35-36,38-46,48-49,51-54H2,1-3H3,(H,65,72)/b10-7-,16-13+,22-19+,27-25-,28-26+,31-29+,37-34+,50-47+. The van der Waals surface area contributed by atoms with Gasteiger partial charge in [0.1, 0.15) is 24.4 Å². The molecule has 11 heteroatoms. The van der Waals surface area contributed by atoms with Gasteiger partial charge in [-0.25, -0.2) is 0 Å². The van der Waals surface area contributed by atoms with E-state index >= 15 is 0 Å². The number of unbranched alkanes of at least 4 members (excludes halogenated alkanes) is 26. The van der Waals surface area contributed by atoms with Crippen molar-refractivity contribution in [3.05, 3.63) is 97.2 Å². The number of hydrogen-bond acceptors (Lipinski definition) is 10. The summed E-state index contributed by atoms with van der Waals surface area (Å²) in [6, 6.07) is -1.04. The molecule has 1 aliphatic rings. The smallest absolute Gasteiger partial charge is 0.306 e. The van der Waals surface area contributed by atoms with Crippen molar-refractivity contribution in [2.75, 3.05) is 13.2 Å². The Balaban J connectivity index is 2.76. The number of carbonyl (C=O) groups is 2. The first-order valence-electron chi connectivity index (χ1n) is 30.1. The molecule has 1 saturated heterocycles. The molecule has 11 nitrogen and oxygen atoms in total. The Morgan fingerprint density at radius 3 is 1.48 bits per heavy atom. The van der Waals surface area contributed by atoms with Gasteiger partial charge in [0.25, 0.3) is 0 Å². The highest BCUT2D eigenvalue weighted by Crippen LogP contribution is 2.26.